The highest BCUT2D eigenvalue weighted by molar-refractivity contribution is 5.96. The van der Waals surface area contributed by atoms with Crippen LogP contribution in [0.4, 0.5) is 11.5 Å². The number of aromatic nitrogens is 4. The van der Waals surface area contributed by atoms with Gasteiger partial charge < -0.3 is 15.0 Å². The Hall–Kier alpha value is -2.90. The third-order valence-electron chi connectivity index (χ3n) is 5.29. The maximum atomic E-state index is 6.39. The first-order valence-electron chi connectivity index (χ1n) is 9.55. The maximum Gasteiger partial charge on any atom is 0.145 e. The van der Waals surface area contributed by atoms with Gasteiger partial charge >= 0.3 is 0 Å². The summed E-state index contributed by atoms with van der Waals surface area (Å²) in [4.78, 5) is 11.3. The lowest BCUT2D eigenvalue weighted by atomic mass is 10.1. The largest absolute Gasteiger partial charge is 0.489 e. The second-order valence-electron chi connectivity index (χ2n) is 7.29. The van der Waals surface area contributed by atoms with Crippen molar-refractivity contribution in [3.8, 4) is 5.75 Å². The Labute approximate surface area is 174 Å². The number of halogens is 1. The van der Waals surface area contributed by atoms with Gasteiger partial charge in [-0.15, -0.1) is 12.4 Å². The Balaban J connectivity index is 0.00000205. The monoisotopic (exact) mass is 410 g/mol. The summed E-state index contributed by atoms with van der Waals surface area (Å²) in [6.45, 7) is 2.11. The van der Waals surface area contributed by atoms with Gasteiger partial charge in [-0.2, -0.15) is 5.10 Å². The molecule has 2 aromatic heterocycles. The highest BCUT2D eigenvalue weighted by atomic mass is 35.5. The Kier molecular flexibility index (Phi) is 5.51. The summed E-state index contributed by atoms with van der Waals surface area (Å²) in [5, 5.41) is 12.4. The summed E-state index contributed by atoms with van der Waals surface area (Å²) >= 11 is 0. The standard InChI is InChI=1S/C21H22N6O.ClH/c1-27-9-7-16(8-10-27)28-19-4-2-3-18-20(19)21(23-13-22-18)25-15-5-6-17-14(11-15)12-24-26-17;/h2-6,11-13,16H,7-10H2,1H3,(H,24,26)(H,22,23,25);1H. The van der Waals surface area contributed by atoms with Crippen molar-refractivity contribution in [1.82, 2.24) is 25.1 Å². The summed E-state index contributed by atoms with van der Waals surface area (Å²) in [7, 11) is 2.15. The number of H-pyrrole nitrogens is 1. The Morgan fingerprint density at radius 3 is 2.86 bits per heavy atom. The van der Waals surface area contributed by atoms with Crippen LogP contribution >= 0.6 is 12.4 Å². The molecule has 8 heteroatoms. The zero-order chi connectivity index (χ0) is 18.9. The van der Waals surface area contributed by atoms with Crippen molar-refractivity contribution in [2.24, 2.45) is 0 Å². The lowest BCUT2D eigenvalue weighted by molar-refractivity contribution is 0.116. The summed E-state index contributed by atoms with van der Waals surface area (Å²) in [5.74, 6) is 1.58. The minimum absolute atomic E-state index is 0. The first kappa shape index (κ1) is 19.4. The fourth-order valence-electron chi connectivity index (χ4n) is 3.71. The lowest BCUT2D eigenvalue weighted by Crippen LogP contribution is -2.35. The van der Waals surface area contributed by atoms with Crippen molar-refractivity contribution in [3.63, 3.8) is 0 Å². The predicted molar refractivity (Wildman–Crippen MR) is 117 cm³/mol. The number of likely N-dealkylation sites (tertiary alicyclic amines) is 1. The van der Waals surface area contributed by atoms with E-state index >= 15 is 0 Å². The molecule has 0 saturated carbocycles. The molecule has 0 atom stereocenters. The number of ether oxygens (including phenoxy) is 1. The normalized spacial score (nSPS) is 15.3. The molecular weight excluding hydrogens is 388 g/mol. The summed E-state index contributed by atoms with van der Waals surface area (Å²) in [6, 6.07) is 12.0. The average Bonchev–Trinajstić information content (AvgIpc) is 3.18. The van der Waals surface area contributed by atoms with Gasteiger partial charge in [0.25, 0.3) is 0 Å². The minimum atomic E-state index is 0. The van der Waals surface area contributed by atoms with Gasteiger partial charge in [0.1, 0.15) is 24.0 Å². The molecule has 1 aliphatic rings. The van der Waals surface area contributed by atoms with Gasteiger partial charge in [-0.3, -0.25) is 5.10 Å². The van der Waals surface area contributed by atoms with Crippen LogP contribution in [-0.2, 0) is 0 Å². The number of hydrogen-bond acceptors (Lipinski definition) is 6. The van der Waals surface area contributed by atoms with Crippen LogP contribution in [0.15, 0.2) is 48.9 Å². The zero-order valence-corrected chi connectivity index (χ0v) is 16.9. The number of nitrogens with one attached hydrogen (secondary N) is 2. The molecule has 4 aromatic rings. The van der Waals surface area contributed by atoms with Crippen LogP contribution in [0.3, 0.4) is 0 Å². The van der Waals surface area contributed by atoms with Gasteiger partial charge in [0.2, 0.25) is 0 Å². The third-order valence-corrected chi connectivity index (χ3v) is 5.29. The molecule has 1 fully saturated rings. The maximum absolute atomic E-state index is 6.39. The van der Waals surface area contributed by atoms with E-state index in [2.05, 4.69) is 37.4 Å². The van der Waals surface area contributed by atoms with Crippen molar-refractivity contribution in [1.29, 1.82) is 0 Å². The van der Waals surface area contributed by atoms with E-state index in [0.29, 0.717) is 0 Å². The fraction of sp³-hybridized carbons (Fsp3) is 0.286. The molecule has 0 spiro atoms. The molecule has 1 aliphatic heterocycles. The average molecular weight is 411 g/mol. The van der Waals surface area contributed by atoms with Gasteiger partial charge in [0.05, 0.1) is 22.6 Å². The number of hydrogen-bond donors (Lipinski definition) is 2. The van der Waals surface area contributed by atoms with Crippen LogP contribution in [0.1, 0.15) is 12.8 Å². The number of benzene rings is 2. The minimum Gasteiger partial charge on any atom is -0.489 e. The van der Waals surface area contributed by atoms with Crippen molar-refractivity contribution in [2.75, 3.05) is 25.5 Å². The van der Waals surface area contributed by atoms with E-state index in [1.165, 1.54) is 0 Å². The van der Waals surface area contributed by atoms with Gasteiger partial charge in [0, 0.05) is 24.2 Å². The summed E-state index contributed by atoms with van der Waals surface area (Å²) in [6.07, 6.45) is 5.67. The number of fused-ring (bicyclic) bond motifs is 2. The first-order valence-corrected chi connectivity index (χ1v) is 9.55. The van der Waals surface area contributed by atoms with Gasteiger partial charge in [0.15, 0.2) is 0 Å². The zero-order valence-electron chi connectivity index (χ0n) is 16.1. The highest BCUT2D eigenvalue weighted by Crippen LogP contribution is 2.33. The number of anilines is 2. The van der Waals surface area contributed by atoms with Crippen molar-refractivity contribution in [2.45, 2.75) is 18.9 Å². The van der Waals surface area contributed by atoms with E-state index in [0.717, 1.165) is 65.0 Å². The van der Waals surface area contributed by atoms with Crippen LogP contribution in [0.2, 0.25) is 0 Å². The number of nitrogens with zero attached hydrogens (tertiary/aromatic N) is 4. The molecule has 2 aromatic carbocycles. The number of aromatic amines is 1. The Morgan fingerprint density at radius 1 is 1.14 bits per heavy atom. The lowest BCUT2D eigenvalue weighted by Gasteiger charge is -2.29. The van der Waals surface area contributed by atoms with E-state index in [1.807, 2.05) is 42.6 Å². The smallest absolute Gasteiger partial charge is 0.145 e. The van der Waals surface area contributed by atoms with Crippen molar-refractivity contribution < 1.29 is 4.74 Å². The summed E-state index contributed by atoms with van der Waals surface area (Å²) in [5.41, 5.74) is 2.82. The van der Waals surface area contributed by atoms with E-state index in [-0.39, 0.29) is 18.5 Å². The third kappa shape index (κ3) is 3.97. The molecule has 5 rings (SSSR count). The molecule has 29 heavy (non-hydrogen) atoms. The van der Waals surface area contributed by atoms with Crippen molar-refractivity contribution >= 4 is 45.7 Å². The van der Waals surface area contributed by atoms with E-state index in [4.69, 9.17) is 4.74 Å². The quantitative estimate of drug-likeness (QED) is 0.526. The Morgan fingerprint density at radius 2 is 2.00 bits per heavy atom. The van der Waals surface area contributed by atoms with Gasteiger partial charge in [-0.05, 0) is 50.2 Å². The van der Waals surface area contributed by atoms with E-state index in [1.54, 1.807) is 6.33 Å². The highest BCUT2D eigenvalue weighted by Gasteiger charge is 2.20. The Bertz CT molecular complexity index is 1120. The molecule has 150 valence electrons. The fourth-order valence-corrected chi connectivity index (χ4v) is 3.71. The van der Waals surface area contributed by atoms with Crippen LogP contribution < -0.4 is 10.1 Å². The molecule has 0 bridgehead atoms. The molecule has 0 unspecified atom stereocenters. The molecule has 0 radical (unpaired) electrons. The molecule has 0 aliphatic carbocycles. The second-order valence-corrected chi connectivity index (χ2v) is 7.29. The molecule has 1 saturated heterocycles. The molecule has 7 nitrogen and oxygen atoms in total. The second kappa shape index (κ2) is 8.23. The molecule has 0 amide bonds. The van der Waals surface area contributed by atoms with Gasteiger partial charge in [-0.25, -0.2) is 9.97 Å². The number of rotatable bonds is 4. The van der Waals surface area contributed by atoms with Crippen LogP contribution in [0.5, 0.6) is 5.75 Å². The van der Waals surface area contributed by atoms with E-state index < -0.39 is 0 Å². The molecule has 2 N–H and O–H groups in total. The van der Waals surface area contributed by atoms with E-state index in [9.17, 15) is 0 Å². The molecular formula is C21H23ClN6O. The molecule has 3 heterocycles. The first-order chi connectivity index (χ1) is 13.8. The van der Waals surface area contributed by atoms with Gasteiger partial charge in [-0.1, -0.05) is 6.07 Å². The van der Waals surface area contributed by atoms with Crippen LogP contribution in [-0.4, -0.2) is 51.3 Å². The SMILES string of the molecule is CN1CCC(Oc2cccc3ncnc(Nc4ccc5[nH]ncc5c4)c23)CC1.Cl. The van der Waals surface area contributed by atoms with Crippen molar-refractivity contribution in [3.05, 3.63) is 48.9 Å². The summed E-state index contributed by atoms with van der Waals surface area (Å²) < 4.78 is 6.39. The predicted octanol–water partition coefficient (Wildman–Crippen LogP) is 4.14. The number of piperidine rings is 1. The topological polar surface area (TPSA) is 79.0 Å². The van der Waals surface area contributed by atoms with Crippen LogP contribution in [0.25, 0.3) is 21.8 Å². The van der Waals surface area contributed by atoms with Crippen LogP contribution in [0, 0.1) is 0 Å².